The molecule has 4 aromatic carbocycles. The summed E-state index contributed by atoms with van der Waals surface area (Å²) >= 11 is 6.22. The number of ether oxygens (including phenoxy) is 2. The van der Waals surface area contributed by atoms with Crippen LogP contribution in [0.2, 0.25) is 5.02 Å². The Morgan fingerprint density at radius 3 is 2.51 bits per heavy atom. The first kappa shape index (κ1) is 42.0. The fraction of sp³-hybridized carbons (Fsp3) is 0.326. The monoisotopic (exact) mass is 864 g/mol. The van der Waals surface area contributed by atoms with Crippen molar-refractivity contribution in [2.45, 2.75) is 38.0 Å². The van der Waals surface area contributed by atoms with Crippen molar-refractivity contribution in [2.75, 3.05) is 62.7 Å². The maximum atomic E-state index is 13.9. The first-order chi connectivity index (χ1) is 29.3. The Bertz CT molecular complexity index is 2610. The summed E-state index contributed by atoms with van der Waals surface area (Å²) in [6.45, 7) is 10.1. The van der Waals surface area contributed by atoms with Gasteiger partial charge >= 0.3 is 0 Å². The molecule has 5 aromatic rings. The number of hydrogen-bond acceptors (Lipinski definition) is 10. The van der Waals surface area contributed by atoms with Crippen LogP contribution in [0.15, 0.2) is 114 Å². The molecule has 0 radical (unpaired) electrons. The van der Waals surface area contributed by atoms with Crippen molar-refractivity contribution in [2.24, 2.45) is 11.3 Å². The number of nitrogens with one attached hydrogen (secondary N) is 3. The summed E-state index contributed by atoms with van der Waals surface area (Å²) in [5, 5.41) is 16.8. The number of carbonyl (C=O) groups excluding carboxylic acids is 1. The molecule has 13 nitrogen and oxygen atoms in total. The molecular weight excluding hydrogens is 816 g/mol. The van der Waals surface area contributed by atoms with Crippen molar-refractivity contribution < 1.29 is 27.6 Å². The number of hydrogen-bond donors (Lipinski definition) is 3. The lowest BCUT2D eigenvalue weighted by Gasteiger charge is -2.38. The molecule has 8 rings (SSSR count). The molecule has 0 saturated carbocycles. The second-order valence-corrected chi connectivity index (χ2v) is 18.7. The van der Waals surface area contributed by atoms with Gasteiger partial charge in [-0.15, -0.1) is 0 Å². The normalized spacial score (nSPS) is 17.4. The lowest BCUT2D eigenvalue weighted by molar-refractivity contribution is -0.384. The first-order valence-electron chi connectivity index (χ1n) is 20.5. The van der Waals surface area contributed by atoms with Gasteiger partial charge in [0.2, 0.25) is 0 Å². The number of sulfonamides is 1. The highest BCUT2D eigenvalue weighted by molar-refractivity contribution is 7.90. The number of benzene rings is 4. The minimum absolute atomic E-state index is 0.0157. The van der Waals surface area contributed by atoms with Gasteiger partial charge in [0.15, 0.2) is 0 Å². The van der Waals surface area contributed by atoms with E-state index in [-0.39, 0.29) is 28.3 Å². The van der Waals surface area contributed by atoms with E-state index < -0.39 is 31.4 Å². The Labute approximate surface area is 360 Å². The van der Waals surface area contributed by atoms with E-state index in [9.17, 15) is 23.3 Å². The van der Waals surface area contributed by atoms with E-state index in [2.05, 4.69) is 63.0 Å². The van der Waals surface area contributed by atoms with Gasteiger partial charge in [-0.25, -0.2) is 13.1 Å². The van der Waals surface area contributed by atoms with Crippen molar-refractivity contribution in [3.8, 4) is 11.5 Å². The summed E-state index contributed by atoms with van der Waals surface area (Å²) in [5.74, 6) is -0.0437. The summed E-state index contributed by atoms with van der Waals surface area (Å²) in [6.07, 6.45) is 9.15. The topological polar surface area (TPSA) is 159 Å². The van der Waals surface area contributed by atoms with Crippen molar-refractivity contribution in [1.29, 1.82) is 0 Å². The molecule has 0 bridgehead atoms. The van der Waals surface area contributed by atoms with Crippen molar-refractivity contribution in [3.05, 3.63) is 135 Å². The highest BCUT2D eigenvalue weighted by atomic mass is 35.5. The van der Waals surface area contributed by atoms with Crippen LogP contribution in [0.5, 0.6) is 11.5 Å². The second-order valence-electron chi connectivity index (χ2n) is 16.6. The number of allylic oxidation sites excluding steroid dienone is 2. The van der Waals surface area contributed by atoms with E-state index in [1.165, 1.54) is 23.3 Å². The van der Waals surface area contributed by atoms with E-state index in [0.717, 1.165) is 67.1 Å². The fourth-order valence-electron chi connectivity index (χ4n) is 8.11. The maximum Gasteiger partial charge on any atom is 0.293 e. The fourth-order valence-corrected chi connectivity index (χ4v) is 9.22. The minimum atomic E-state index is -4.54. The number of halogens is 1. The molecule has 3 aliphatic rings. The standard InChI is InChI=1S/C46H49ClN6O7S/c1-46(2)17-13-34(40(28-46)32-3-5-35(47)6-4-32)30-51-19-21-52(22-20-51)36-7-10-39(44(26-36)60-37-8-11-41-33(25-37)14-18-48-41)45(54)50-61(57,58)38-9-12-42(43(27-38)53(55)56)49-29-31-15-23-59-24-16-31/h3-14,18,25-28,31,48-49H,15-17,19-24,29-30H2,1-2H3,(H,50,54). The lowest BCUT2D eigenvalue weighted by atomic mass is 9.78. The zero-order valence-corrected chi connectivity index (χ0v) is 35.7. The van der Waals surface area contributed by atoms with Crippen LogP contribution >= 0.6 is 11.6 Å². The van der Waals surface area contributed by atoms with Gasteiger partial charge in [0.25, 0.3) is 21.6 Å². The molecule has 318 valence electrons. The highest BCUT2D eigenvalue weighted by Crippen LogP contribution is 2.39. The van der Waals surface area contributed by atoms with Gasteiger partial charge in [0.1, 0.15) is 17.2 Å². The average Bonchev–Trinajstić information content (AvgIpc) is 3.72. The third-order valence-corrected chi connectivity index (χ3v) is 13.2. The Balaban J connectivity index is 0.996. The molecule has 0 atom stereocenters. The van der Waals surface area contributed by atoms with E-state index in [0.29, 0.717) is 43.6 Å². The van der Waals surface area contributed by atoms with Crippen LogP contribution < -0.4 is 19.7 Å². The van der Waals surface area contributed by atoms with Crippen LogP contribution in [-0.4, -0.2) is 81.6 Å². The van der Waals surface area contributed by atoms with Crippen molar-refractivity contribution in [1.82, 2.24) is 14.6 Å². The van der Waals surface area contributed by atoms with Crippen LogP contribution in [0.25, 0.3) is 16.5 Å². The third-order valence-electron chi connectivity index (χ3n) is 11.6. The number of H-pyrrole nitrogens is 1. The van der Waals surface area contributed by atoms with Gasteiger partial charge in [0, 0.05) is 92.4 Å². The lowest BCUT2D eigenvalue weighted by Crippen LogP contribution is -2.47. The predicted octanol–water partition coefficient (Wildman–Crippen LogP) is 9.04. The van der Waals surface area contributed by atoms with E-state index in [1.54, 1.807) is 24.3 Å². The third kappa shape index (κ3) is 9.94. The van der Waals surface area contributed by atoms with Crippen molar-refractivity contribution >= 4 is 61.1 Å². The summed E-state index contributed by atoms with van der Waals surface area (Å²) < 4.78 is 41.2. The molecule has 3 heterocycles. The number of aromatic amines is 1. The molecule has 15 heteroatoms. The minimum Gasteiger partial charge on any atom is -0.456 e. The Morgan fingerprint density at radius 2 is 1.75 bits per heavy atom. The number of anilines is 2. The molecule has 1 amide bonds. The molecule has 2 fully saturated rings. The molecule has 0 spiro atoms. The number of amides is 1. The zero-order valence-electron chi connectivity index (χ0n) is 34.2. The number of aromatic nitrogens is 1. The summed E-state index contributed by atoms with van der Waals surface area (Å²) in [6, 6.07) is 24.1. The zero-order chi connectivity index (χ0) is 42.7. The summed E-state index contributed by atoms with van der Waals surface area (Å²) in [4.78, 5) is 32.8. The molecule has 0 unspecified atom stereocenters. The molecule has 1 aromatic heterocycles. The van der Waals surface area contributed by atoms with Crippen molar-refractivity contribution in [3.63, 3.8) is 0 Å². The summed E-state index contributed by atoms with van der Waals surface area (Å²) in [7, 11) is -4.54. The number of rotatable bonds is 13. The smallest absolute Gasteiger partial charge is 0.293 e. The quantitative estimate of drug-likeness (QED) is 0.0770. The van der Waals surface area contributed by atoms with Gasteiger partial charge in [-0.2, -0.15) is 0 Å². The molecule has 3 N–H and O–H groups in total. The molecule has 2 aliphatic heterocycles. The largest absolute Gasteiger partial charge is 0.456 e. The van der Waals surface area contributed by atoms with Crippen LogP contribution in [0, 0.1) is 21.4 Å². The van der Waals surface area contributed by atoms with Crippen LogP contribution in [0.1, 0.15) is 49.0 Å². The number of nitro benzene ring substituents is 1. The Morgan fingerprint density at radius 1 is 0.984 bits per heavy atom. The first-order valence-corrected chi connectivity index (χ1v) is 22.4. The van der Waals surface area contributed by atoms with Gasteiger partial charge in [-0.05, 0) is 108 Å². The predicted molar refractivity (Wildman–Crippen MR) is 239 cm³/mol. The van der Waals surface area contributed by atoms with Crippen LogP contribution in [0.4, 0.5) is 17.1 Å². The Hall–Kier alpha value is -5.67. The highest BCUT2D eigenvalue weighted by Gasteiger charge is 2.29. The van der Waals surface area contributed by atoms with E-state index in [1.807, 2.05) is 36.5 Å². The maximum absolute atomic E-state index is 13.9. The number of nitro groups is 1. The Kier molecular flexibility index (Phi) is 12.2. The molecule has 2 saturated heterocycles. The SMILES string of the molecule is CC1(C)C=C(c2ccc(Cl)cc2)C(CN2CCN(c3ccc(C(=O)NS(=O)(=O)c4ccc(NCC5CCOCC5)c([N+](=O)[O-])c4)c(Oc4ccc5[nH]ccc5c4)c3)CC2)=CC1. The number of fused-ring (bicyclic) bond motifs is 1. The van der Waals surface area contributed by atoms with E-state index >= 15 is 0 Å². The summed E-state index contributed by atoms with van der Waals surface area (Å²) in [5.41, 5.74) is 5.22. The van der Waals surface area contributed by atoms with Gasteiger partial charge in [-0.3, -0.25) is 19.8 Å². The number of carbonyl (C=O) groups is 1. The molecular formula is C46H49ClN6O7S. The average molecular weight is 865 g/mol. The van der Waals surface area contributed by atoms with Gasteiger partial charge in [-0.1, -0.05) is 49.7 Å². The van der Waals surface area contributed by atoms with Crippen LogP contribution in [-0.2, 0) is 14.8 Å². The molecule has 1 aliphatic carbocycles. The number of nitrogens with zero attached hydrogens (tertiary/aromatic N) is 3. The van der Waals surface area contributed by atoms with E-state index in [4.69, 9.17) is 21.1 Å². The van der Waals surface area contributed by atoms with Crippen LogP contribution in [0.3, 0.4) is 0 Å². The van der Waals surface area contributed by atoms with Gasteiger partial charge in [0.05, 0.1) is 15.4 Å². The van der Waals surface area contributed by atoms with Gasteiger partial charge < -0.3 is 24.7 Å². The molecule has 61 heavy (non-hydrogen) atoms. The number of piperazine rings is 1. The second kappa shape index (κ2) is 17.7.